The van der Waals surface area contributed by atoms with Gasteiger partial charge >= 0.3 is 0 Å². The van der Waals surface area contributed by atoms with E-state index < -0.39 is 0 Å². The molecule has 6 heteroatoms. The molecule has 3 aromatic rings. The first-order valence-electron chi connectivity index (χ1n) is 8.41. The summed E-state index contributed by atoms with van der Waals surface area (Å²) in [6.07, 6.45) is 0.793. The maximum absolute atomic E-state index is 5.93. The van der Waals surface area contributed by atoms with Gasteiger partial charge in [-0.2, -0.15) is 0 Å². The van der Waals surface area contributed by atoms with Crippen molar-refractivity contribution in [2.45, 2.75) is 13.0 Å². The minimum absolute atomic E-state index is 0.394. The number of fused-ring (bicyclic) bond motifs is 1. The number of furan rings is 1. The van der Waals surface area contributed by atoms with Gasteiger partial charge in [-0.15, -0.1) is 0 Å². The Morgan fingerprint density at radius 1 is 1.08 bits per heavy atom. The van der Waals surface area contributed by atoms with Crippen molar-refractivity contribution in [3.05, 3.63) is 59.9 Å². The first kappa shape index (κ1) is 17.7. The van der Waals surface area contributed by atoms with Crippen molar-refractivity contribution in [3.8, 4) is 11.5 Å². The lowest BCUT2D eigenvalue weighted by Gasteiger charge is -2.10. The fourth-order valence-corrected chi connectivity index (χ4v) is 2.70. The van der Waals surface area contributed by atoms with Gasteiger partial charge in [0.15, 0.2) is 17.5 Å². The van der Waals surface area contributed by atoms with E-state index in [0.717, 1.165) is 40.2 Å². The molecular weight excluding hydrogens is 330 g/mol. The number of para-hydroxylation sites is 1. The van der Waals surface area contributed by atoms with E-state index in [0.29, 0.717) is 19.0 Å². The number of nitrogens with two attached hydrogens (primary N) is 1. The summed E-state index contributed by atoms with van der Waals surface area (Å²) in [5, 5.41) is 4.18. The summed E-state index contributed by atoms with van der Waals surface area (Å²) >= 11 is 0. The monoisotopic (exact) mass is 353 g/mol. The summed E-state index contributed by atoms with van der Waals surface area (Å²) in [6, 6.07) is 15.7. The van der Waals surface area contributed by atoms with Crippen LogP contribution in [-0.2, 0) is 13.0 Å². The number of hydrogen-bond acceptors (Lipinski definition) is 4. The summed E-state index contributed by atoms with van der Waals surface area (Å²) in [7, 11) is 3.25. The van der Waals surface area contributed by atoms with Gasteiger partial charge in [-0.05, 0) is 36.2 Å². The Morgan fingerprint density at radius 2 is 1.88 bits per heavy atom. The van der Waals surface area contributed by atoms with Crippen LogP contribution in [0.4, 0.5) is 0 Å². The van der Waals surface area contributed by atoms with Crippen molar-refractivity contribution >= 4 is 16.9 Å². The van der Waals surface area contributed by atoms with Crippen molar-refractivity contribution in [1.82, 2.24) is 5.32 Å². The lowest BCUT2D eigenvalue weighted by Crippen LogP contribution is -2.33. The molecule has 0 amide bonds. The fraction of sp³-hybridized carbons (Fsp3) is 0.250. The summed E-state index contributed by atoms with van der Waals surface area (Å²) in [4.78, 5) is 4.33. The van der Waals surface area contributed by atoms with E-state index >= 15 is 0 Å². The van der Waals surface area contributed by atoms with Crippen LogP contribution >= 0.6 is 0 Å². The normalized spacial score (nSPS) is 11.5. The van der Waals surface area contributed by atoms with Crippen LogP contribution in [0.3, 0.4) is 0 Å². The van der Waals surface area contributed by atoms with E-state index in [9.17, 15) is 0 Å². The highest BCUT2D eigenvalue weighted by molar-refractivity contribution is 5.79. The molecule has 0 saturated carbocycles. The Kier molecular flexibility index (Phi) is 5.63. The van der Waals surface area contributed by atoms with Gasteiger partial charge in [-0.25, -0.2) is 4.99 Å². The molecular formula is C20H23N3O3. The second-order valence-corrected chi connectivity index (χ2v) is 5.82. The largest absolute Gasteiger partial charge is 0.493 e. The highest BCUT2D eigenvalue weighted by Gasteiger charge is 2.05. The molecule has 0 aliphatic carbocycles. The van der Waals surface area contributed by atoms with Crippen LogP contribution in [0.2, 0.25) is 0 Å². The SMILES string of the molecule is COc1ccc(CCNC(N)=NCc2cc3ccccc3o2)cc1OC. The first-order valence-corrected chi connectivity index (χ1v) is 8.41. The van der Waals surface area contributed by atoms with Gasteiger partial charge in [0.05, 0.1) is 14.2 Å². The molecule has 3 N–H and O–H groups in total. The van der Waals surface area contributed by atoms with Crippen LogP contribution in [0.15, 0.2) is 57.9 Å². The van der Waals surface area contributed by atoms with Crippen molar-refractivity contribution in [2.24, 2.45) is 10.7 Å². The van der Waals surface area contributed by atoms with Crippen molar-refractivity contribution in [3.63, 3.8) is 0 Å². The number of nitrogens with one attached hydrogen (secondary N) is 1. The Bertz CT molecular complexity index is 869. The highest BCUT2D eigenvalue weighted by atomic mass is 16.5. The van der Waals surface area contributed by atoms with Gasteiger partial charge in [0.1, 0.15) is 17.9 Å². The average Bonchev–Trinajstić information content (AvgIpc) is 3.09. The zero-order valence-electron chi connectivity index (χ0n) is 15.0. The maximum Gasteiger partial charge on any atom is 0.189 e. The zero-order valence-corrected chi connectivity index (χ0v) is 15.0. The number of nitrogens with zero attached hydrogens (tertiary/aromatic N) is 1. The zero-order chi connectivity index (χ0) is 18.4. The second-order valence-electron chi connectivity index (χ2n) is 5.82. The summed E-state index contributed by atoms with van der Waals surface area (Å²) in [5.41, 5.74) is 7.92. The summed E-state index contributed by atoms with van der Waals surface area (Å²) in [5.74, 6) is 2.62. The molecule has 2 aromatic carbocycles. The van der Waals surface area contributed by atoms with Gasteiger partial charge < -0.3 is 24.9 Å². The van der Waals surface area contributed by atoms with E-state index in [2.05, 4.69) is 10.3 Å². The standard InChI is InChI=1S/C20H23N3O3/c1-24-18-8-7-14(11-19(18)25-2)9-10-22-20(21)23-13-16-12-15-5-3-4-6-17(15)26-16/h3-8,11-12H,9-10,13H2,1-2H3,(H3,21,22,23). The molecule has 0 aliphatic rings. The number of methoxy groups -OCH3 is 2. The molecule has 6 nitrogen and oxygen atoms in total. The molecule has 0 spiro atoms. The third-order valence-electron chi connectivity index (χ3n) is 4.05. The van der Waals surface area contributed by atoms with Crippen LogP contribution in [0, 0.1) is 0 Å². The minimum atomic E-state index is 0.394. The molecule has 136 valence electrons. The number of benzene rings is 2. The highest BCUT2D eigenvalue weighted by Crippen LogP contribution is 2.27. The van der Waals surface area contributed by atoms with E-state index in [4.69, 9.17) is 19.6 Å². The molecule has 0 unspecified atom stereocenters. The Labute approximate surface area is 152 Å². The van der Waals surface area contributed by atoms with E-state index in [1.165, 1.54) is 0 Å². The molecule has 0 aliphatic heterocycles. The molecule has 0 fully saturated rings. The average molecular weight is 353 g/mol. The van der Waals surface area contributed by atoms with Crippen molar-refractivity contribution in [2.75, 3.05) is 20.8 Å². The summed E-state index contributed by atoms with van der Waals surface area (Å²) in [6.45, 7) is 1.08. The number of hydrogen-bond donors (Lipinski definition) is 2. The van der Waals surface area contributed by atoms with Gasteiger partial charge in [0, 0.05) is 11.9 Å². The predicted molar refractivity (Wildman–Crippen MR) is 103 cm³/mol. The molecule has 0 saturated heterocycles. The molecule has 3 rings (SSSR count). The molecule has 0 atom stereocenters. The second kappa shape index (κ2) is 8.29. The van der Waals surface area contributed by atoms with Crippen LogP contribution in [-0.4, -0.2) is 26.7 Å². The number of aliphatic imine (C=N–C) groups is 1. The third kappa shape index (κ3) is 4.27. The van der Waals surface area contributed by atoms with E-state index in [1.54, 1.807) is 14.2 Å². The van der Waals surface area contributed by atoms with Crippen molar-refractivity contribution < 1.29 is 13.9 Å². The molecule has 0 bridgehead atoms. The topological polar surface area (TPSA) is 82.0 Å². The van der Waals surface area contributed by atoms with Crippen LogP contribution in [0.25, 0.3) is 11.0 Å². The van der Waals surface area contributed by atoms with Gasteiger partial charge in [0.25, 0.3) is 0 Å². The lowest BCUT2D eigenvalue weighted by atomic mass is 10.1. The first-order chi connectivity index (χ1) is 12.7. The lowest BCUT2D eigenvalue weighted by molar-refractivity contribution is 0.354. The molecule has 0 radical (unpaired) electrons. The fourth-order valence-electron chi connectivity index (χ4n) is 2.70. The number of rotatable bonds is 7. The van der Waals surface area contributed by atoms with Crippen LogP contribution in [0.5, 0.6) is 11.5 Å². The Morgan fingerprint density at radius 3 is 2.65 bits per heavy atom. The quantitative estimate of drug-likeness (QED) is 0.504. The molecule has 1 heterocycles. The molecule has 26 heavy (non-hydrogen) atoms. The van der Waals surface area contributed by atoms with E-state index in [-0.39, 0.29) is 0 Å². The third-order valence-corrected chi connectivity index (χ3v) is 4.05. The van der Waals surface area contributed by atoms with Crippen LogP contribution < -0.4 is 20.5 Å². The smallest absolute Gasteiger partial charge is 0.189 e. The van der Waals surface area contributed by atoms with Gasteiger partial charge in [0.2, 0.25) is 0 Å². The van der Waals surface area contributed by atoms with Gasteiger partial charge in [-0.1, -0.05) is 24.3 Å². The van der Waals surface area contributed by atoms with Gasteiger partial charge in [-0.3, -0.25) is 0 Å². The van der Waals surface area contributed by atoms with Crippen molar-refractivity contribution in [1.29, 1.82) is 0 Å². The Balaban J connectivity index is 1.52. The molecule has 1 aromatic heterocycles. The maximum atomic E-state index is 5.93. The minimum Gasteiger partial charge on any atom is -0.493 e. The predicted octanol–water partition coefficient (Wildman–Crippen LogP) is 3.10. The van der Waals surface area contributed by atoms with Crippen LogP contribution in [0.1, 0.15) is 11.3 Å². The summed E-state index contributed by atoms with van der Waals surface area (Å²) < 4.78 is 16.3. The number of ether oxygens (including phenoxy) is 2. The Hall–Kier alpha value is -3.15. The van der Waals surface area contributed by atoms with E-state index in [1.807, 2.05) is 48.5 Å². The number of guanidine groups is 1.